The Morgan fingerprint density at radius 1 is 1.53 bits per heavy atom. The minimum Gasteiger partial charge on any atom is -0.380 e. The molecule has 1 aliphatic rings. The van der Waals surface area contributed by atoms with Crippen molar-refractivity contribution < 1.29 is 9.53 Å². The minimum absolute atomic E-state index is 0.0326. The highest BCUT2D eigenvalue weighted by molar-refractivity contribution is 9.10. The van der Waals surface area contributed by atoms with Gasteiger partial charge in [-0.15, -0.1) is 12.6 Å². The van der Waals surface area contributed by atoms with Gasteiger partial charge in [-0.1, -0.05) is 22.0 Å². The monoisotopic (exact) mass is 341 g/mol. The summed E-state index contributed by atoms with van der Waals surface area (Å²) in [6.45, 7) is 2.02. The van der Waals surface area contributed by atoms with Crippen molar-refractivity contribution in [1.82, 2.24) is 4.90 Å². The molecule has 1 aliphatic heterocycles. The number of thiol groups is 1. The molecule has 0 atom stereocenters. The van der Waals surface area contributed by atoms with E-state index in [1.165, 1.54) is 5.57 Å². The van der Waals surface area contributed by atoms with E-state index in [2.05, 4.69) is 34.6 Å². The second kappa shape index (κ2) is 6.59. The maximum absolute atomic E-state index is 12.4. The van der Waals surface area contributed by atoms with E-state index < -0.39 is 0 Å². The molecule has 0 spiro atoms. The molecule has 19 heavy (non-hydrogen) atoms. The lowest BCUT2D eigenvalue weighted by atomic mass is 10.1. The van der Waals surface area contributed by atoms with Crippen LogP contribution >= 0.6 is 28.6 Å². The normalized spacial score (nSPS) is 15.3. The van der Waals surface area contributed by atoms with Gasteiger partial charge in [0.05, 0.1) is 12.2 Å². The lowest BCUT2D eigenvalue weighted by Gasteiger charge is -2.26. The topological polar surface area (TPSA) is 29.5 Å². The van der Waals surface area contributed by atoms with Gasteiger partial charge in [-0.2, -0.15) is 0 Å². The van der Waals surface area contributed by atoms with Gasteiger partial charge in [-0.25, -0.2) is 0 Å². The van der Waals surface area contributed by atoms with Crippen LogP contribution in [-0.4, -0.2) is 37.6 Å². The molecule has 1 aromatic carbocycles. The van der Waals surface area contributed by atoms with Gasteiger partial charge in [0, 0.05) is 29.6 Å². The SMILES string of the molecule is COCC1=CCN(C(=O)c2ccc(Br)cc2S)CC1. The summed E-state index contributed by atoms with van der Waals surface area (Å²) >= 11 is 7.73. The van der Waals surface area contributed by atoms with Gasteiger partial charge < -0.3 is 9.64 Å². The van der Waals surface area contributed by atoms with Crippen LogP contribution in [0.4, 0.5) is 0 Å². The molecule has 0 fully saturated rings. The van der Waals surface area contributed by atoms with Crippen molar-refractivity contribution in [2.45, 2.75) is 11.3 Å². The van der Waals surface area contributed by atoms with Crippen LogP contribution in [0, 0.1) is 0 Å². The zero-order valence-electron chi connectivity index (χ0n) is 10.7. The Bertz CT molecular complexity index is 516. The Morgan fingerprint density at radius 2 is 2.32 bits per heavy atom. The largest absolute Gasteiger partial charge is 0.380 e. The summed E-state index contributed by atoms with van der Waals surface area (Å²) in [5.41, 5.74) is 1.91. The fourth-order valence-corrected chi connectivity index (χ4v) is 2.92. The molecule has 1 heterocycles. The Morgan fingerprint density at radius 3 is 2.89 bits per heavy atom. The summed E-state index contributed by atoms with van der Waals surface area (Å²) in [6, 6.07) is 5.51. The van der Waals surface area contributed by atoms with Crippen molar-refractivity contribution >= 4 is 34.5 Å². The first-order chi connectivity index (χ1) is 9.11. The van der Waals surface area contributed by atoms with Crippen molar-refractivity contribution in [2.75, 3.05) is 26.8 Å². The van der Waals surface area contributed by atoms with E-state index in [0.29, 0.717) is 23.6 Å². The van der Waals surface area contributed by atoms with Crippen molar-refractivity contribution in [2.24, 2.45) is 0 Å². The standard InChI is InChI=1S/C14H16BrNO2S/c1-18-9-10-4-6-16(7-5-10)14(17)12-3-2-11(15)8-13(12)19/h2-4,8,19H,5-7,9H2,1H3. The van der Waals surface area contributed by atoms with Crippen molar-refractivity contribution in [3.05, 3.63) is 39.9 Å². The van der Waals surface area contributed by atoms with Crippen LogP contribution in [0.5, 0.6) is 0 Å². The van der Waals surface area contributed by atoms with Gasteiger partial charge in [0.1, 0.15) is 0 Å². The van der Waals surface area contributed by atoms with E-state index in [9.17, 15) is 4.79 Å². The van der Waals surface area contributed by atoms with Crippen LogP contribution in [0.25, 0.3) is 0 Å². The Balaban J connectivity index is 2.09. The Labute approximate surface area is 127 Å². The predicted octanol–water partition coefficient (Wildman–Crippen LogP) is 3.16. The molecule has 3 nitrogen and oxygen atoms in total. The van der Waals surface area contributed by atoms with E-state index in [1.54, 1.807) is 7.11 Å². The zero-order valence-corrected chi connectivity index (χ0v) is 13.2. The number of halogens is 1. The highest BCUT2D eigenvalue weighted by Gasteiger charge is 2.20. The van der Waals surface area contributed by atoms with Gasteiger partial charge in [-0.05, 0) is 30.2 Å². The summed E-state index contributed by atoms with van der Waals surface area (Å²) in [6.07, 6.45) is 2.94. The highest BCUT2D eigenvalue weighted by atomic mass is 79.9. The van der Waals surface area contributed by atoms with E-state index in [-0.39, 0.29) is 5.91 Å². The number of rotatable bonds is 3. The van der Waals surface area contributed by atoms with E-state index >= 15 is 0 Å². The minimum atomic E-state index is 0.0326. The van der Waals surface area contributed by atoms with Crippen LogP contribution in [0.3, 0.4) is 0 Å². The number of methoxy groups -OCH3 is 1. The van der Waals surface area contributed by atoms with Crippen LogP contribution in [-0.2, 0) is 4.74 Å². The van der Waals surface area contributed by atoms with E-state index in [1.807, 2.05) is 23.1 Å². The molecule has 0 saturated heterocycles. The molecule has 5 heteroatoms. The van der Waals surface area contributed by atoms with Crippen LogP contribution < -0.4 is 0 Å². The second-order valence-electron chi connectivity index (χ2n) is 4.46. The third kappa shape index (κ3) is 3.61. The Hall–Kier alpha value is -0.780. The van der Waals surface area contributed by atoms with Gasteiger partial charge in [0.15, 0.2) is 0 Å². The number of ether oxygens (including phenoxy) is 1. The number of carbonyl (C=O) groups excluding carboxylic acids is 1. The van der Waals surface area contributed by atoms with Crippen molar-refractivity contribution in [3.8, 4) is 0 Å². The molecule has 0 aliphatic carbocycles. The third-order valence-corrected chi connectivity index (χ3v) is 3.97. The molecule has 1 aromatic rings. The van der Waals surface area contributed by atoms with Gasteiger partial charge in [-0.3, -0.25) is 4.79 Å². The third-order valence-electron chi connectivity index (χ3n) is 3.11. The first-order valence-electron chi connectivity index (χ1n) is 6.06. The van der Waals surface area contributed by atoms with E-state index in [4.69, 9.17) is 4.74 Å². The maximum Gasteiger partial charge on any atom is 0.255 e. The van der Waals surface area contributed by atoms with Crippen molar-refractivity contribution in [1.29, 1.82) is 0 Å². The van der Waals surface area contributed by atoms with Gasteiger partial charge in [0.2, 0.25) is 0 Å². The van der Waals surface area contributed by atoms with Crippen LogP contribution in [0.2, 0.25) is 0 Å². The highest BCUT2D eigenvalue weighted by Crippen LogP contribution is 2.22. The second-order valence-corrected chi connectivity index (χ2v) is 5.86. The first kappa shape index (κ1) is 14.6. The first-order valence-corrected chi connectivity index (χ1v) is 7.30. The molecule has 102 valence electrons. The molecule has 0 N–H and O–H groups in total. The fraction of sp³-hybridized carbons (Fsp3) is 0.357. The number of nitrogens with zero attached hydrogens (tertiary/aromatic N) is 1. The number of hydrogen-bond donors (Lipinski definition) is 1. The molecular formula is C14H16BrNO2S. The number of carbonyl (C=O) groups is 1. The quantitative estimate of drug-likeness (QED) is 0.676. The average molecular weight is 342 g/mol. The summed E-state index contributed by atoms with van der Waals surface area (Å²) < 4.78 is 6.03. The maximum atomic E-state index is 12.4. The molecule has 0 saturated carbocycles. The lowest BCUT2D eigenvalue weighted by molar-refractivity contribution is 0.0761. The van der Waals surface area contributed by atoms with Crippen LogP contribution in [0.15, 0.2) is 39.2 Å². The van der Waals surface area contributed by atoms with Gasteiger partial charge >= 0.3 is 0 Å². The summed E-state index contributed by atoms with van der Waals surface area (Å²) in [5, 5.41) is 0. The van der Waals surface area contributed by atoms with E-state index in [0.717, 1.165) is 17.4 Å². The molecule has 0 unspecified atom stereocenters. The molecule has 0 aromatic heterocycles. The Kier molecular flexibility index (Phi) is 5.07. The summed E-state index contributed by atoms with van der Waals surface area (Å²) in [7, 11) is 1.69. The predicted molar refractivity (Wildman–Crippen MR) is 81.9 cm³/mol. The molecular weight excluding hydrogens is 326 g/mol. The molecule has 2 rings (SSSR count). The number of amides is 1. The fourth-order valence-electron chi connectivity index (χ4n) is 2.07. The summed E-state index contributed by atoms with van der Waals surface area (Å²) in [4.78, 5) is 14.9. The summed E-state index contributed by atoms with van der Waals surface area (Å²) in [5.74, 6) is 0.0326. The van der Waals surface area contributed by atoms with Crippen molar-refractivity contribution in [3.63, 3.8) is 0 Å². The molecule has 0 radical (unpaired) electrons. The number of benzene rings is 1. The number of hydrogen-bond acceptors (Lipinski definition) is 3. The molecule has 1 amide bonds. The van der Waals surface area contributed by atoms with Gasteiger partial charge in [0.25, 0.3) is 5.91 Å². The zero-order chi connectivity index (χ0) is 13.8. The molecule has 0 bridgehead atoms. The smallest absolute Gasteiger partial charge is 0.255 e. The lowest BCUT2D eigenvalue weighted by Crippen LogP contribution is -2.35. The van der Waals surface area contributed by atoms with Crippen LogP contribution in [0.1, 0.15) is 16.8 Å². The average Bonchev–Trinajstić information content (AvgIpc) is 2.39.